The summed E-state index contributed by atoms with van der Waals surface area (Å²) in [7, 11) is 2.15. The Morgan fingerprint density at radius 1 is 1.33 bits per heavy atom. The number of hydrogen-bond acceptors (Lipinski definition) is 3. The van der Waals surface area contributed by atoms with Crippen molar-refractivity contribution in [2.45, 2.75) is 45.7 Å². The Morgan fingerprint density at radius 3 is 2.61 bits per heavy atom. The third-order valence-electron chi connectivity index (χ3n) is 3.48. The summed E-state index contributed by atoms with van der Waals surface area (Å²) in [4.78, 5) is 14.0. The van der Waals surface area contributed by atoms with Crippen LogP contribution in [0.25, 0.3) is 0 Å². The van der Waals surface area contributed by atoms with Crippen LogP contribution in [0.3, 0.4) is 0 Å². The second-order valence-corrected chi connectivity index (χ2v) is 4.80. The van der Waals surface area contributed by atoms with Crippen LogP contribution in [0.15, 0.2) is 23.1 Å². The van der Waals surface area contributed by atoms with E-state index in [1.807, 2.05) is 0 Å². The van der Waals surface area contributed by atoms with E-state index in [9.17, 15) is 4.79 Å². The molecule has 4 heteroatoms. The molecule has 0 saturated carbocycles. The maximum Gasteiger partial charge on any atom is 0.250 e. The van der Waals surface area contributed by atoms with Crippen LogP contribution in [0.1, 0.15) is 33.1 Å². The highest BCUT2D eigenvalue weighted by Gasteiger charge is 2.09. The number of hydrogen-bond donors (Lipinski definition) is 1. The van der Waals surface area contributed by atoms with E-state index in [0.717, 1.165) is 19.5 Å². The Morgan fingerprint density at radius 2 is 2.00 bits per heavy atom. The Hall–Kier alpha value is -1.29. The van der Waals surface area contributed by atoms with E-state index in [0.29, 0.717) is 11.7 Å². The topological polar surface area (TPSA) is 51.3 Å². The number of nitrogens with zero attached hydrogens (tertiary/aromatic N) is 2. The van der Waals surface area contributed by atoms with Gasteiger partial charge in [0.05, 0.1) is 0 Å². The molecule has 102 valence electrons. The first-order valence-electron chi connectivity index (χ1n) is 6.74. The zero-order valence-corrected chi connectivity index (χ0v) is 11.7. The van der Waals surface area contributed by atoms with Crippen molar-refractivity contribution >= 4 is 5.69 Å². The normalized spacial score (nSPS) is 11.4. The fourth-order valence-corrected chi connectivity index (χ4v) is 2.31. The van der Waals surface area contributed by atoms with Crippen molar-refractivity contribution in [2.75, 3.05) is 19.3 Å². The van der Waals surface area contributed by atoms with Crippen LogP contribution in [0.4, 0.5) is 5.69 Å². The van der Waals surface area contributed by atoms with Crippen LogP contribution in [-0.4, -0.2) is 29.1 Å². The van der Waals surface area contributed by atoms with Crippen molar-refractivity contribution in [1.29, 1.82) is 0 Å². The highest BCUT2D eigenvalue weighted by molar-refractivity contribution is 5.33. The molecule has 0 radical (unpaired) electrons. The Labute approximate surface area is 109 Å². The number of rotatable bonds is 7. The summed E-state index contributed by atoms with van der Waals surface area (Å²) in [6.45, 7) is 6.17. The van der Waals surface area contributed by atoms with E-state index in [4.69, 9.17) is 5.73 Å². The maximum absolute atomic E-state index is 11.6. The highest BCUT2D eigenvalue weighted by atomic mass is 16.1. The Balaban J connectivity index is 2.46. The maximum atomic E-state index is 11.6. The average molecular weight is 251 g/mol. The number of aryl methyl sites for hydroxylation is 1. The molecule has 1 aromatic rings. The molecule has 0 saturated heterocycles. The van der Waals surface area contributed by atoms with Crippen LogP contribution >= 0.6 is 0 Å². The second-order valence-electron chi connectivity index (χ2n) is 4.80. The van der Waals surface area contributed by atoms with Gasteiger partial charge < -0.3 is 15.2 Å². The molecule has 0 aliphatic carbocycles. The average Bonchev–Trinajstić information content (AvgIpc) is 2.35. The molecule has 4 nitrogen and oxygen atoms in total. The van der Waals surface area contributed by atoms with E-state index in [2.05, 4.69) is 25.8 Å². The van der Waals surface area contributed by atoms with Crippen LogP contribution < -0.4 is 11.3 Å². The van der Waals surface area contributed by atoms with Gasteiger partial charge in [0.1, 0.15) is 0 Å². The van der Waals surface area contributed by atoms with Gasteiger partial charge in [-0.3, -0.25) is 4.79 Å². The van der Waals surface area contributed by atoms with Crippen molar-refractivity contribution in [3.8, 4) is 0 Å². The minimum absolute atomic E-state index is 0.0226. The van der Waals surface area contributed by atoms with Gasteiger partial charge in [0.15, 0.2) is 0 Å². The molecule has 0 atom stereocenters. The van der Waals surface area contributed by atoms with Gasteiger partial charge in [0.25, 0.3) is 5.56 Å². The van der Waals surface area contributed by atoms with Crippen LogP contribution in [0.2, 0.25) is 0 Å². The molecule has 0 bridgehead atoms. The molecular weight excluding hydrogens is 226 g/mol. The summed E-state index contributed by atoms with van der Waals surface area (Å²) in [6.07, 6.45) is 5.03. The van der Waals surface area contributed by atoms with Crippen molar-refractivity contribution < 1.29 is 0 Å². The highest BCUT2D eigenvalue weighted by Crippen LogP contribution is 2.06. The first-order valence-corrected chi connectivity index (χ1v) is 6.74. The minimum atomic E-state index is 0.0226. The zero-order valence-electron chi connectivity index (χ0n) is 11.7. The van der Waals surface area contributed by atoms with E-state index in [1.165, 1.54) is 18.9 Å². The molecule has 1 heterocycles. The molecule has 1 rings (SSSR count). The molecule has 0 spiro atoms. The standard InChI is InChI=1S/C14H25N3O/c1-4-13(5-2)16(3)9-6-10-17-11-12(15)7-8-14(17)18/h7-8,11,13H,4-6,9-10,15H2,1-3H3. The number of pyridine rings is 1. The molecule has 1 aromatic heterocycles. The second kappa shape index (κ2) is 7.21. The lowest BCUT2D eigenvalue weighted by Gasteiger charge is -2.26. The molecule has 0 amide bonds. The van der Waals surface area contributed by atoms with Gasteiger partial charge in [0, 0.05) is 30.5 Å². The lowest BCUT2D eigenvalue weighted by molar-refractivity contribution is 0.223. The molecular formula is C14H25N3O. The van der Waals surface area contributed by atoms with Gasteiger partial charge in [0.2, 0.25) is 0 Å². The van der Waals surface area contributed by atoms with Crippen molar-refractivity contribution in [3.05, 3.63) is 28.7 Å². The van der Waals surface area contributed by atoms with Crippen LogP contribution in [0, 0.1) is 0 Å². The zero-order chi connectivity index (χ0) is 13.5. The number of aromatic nitrogens is 1. The smallest absolute Gasteiger partial charge is 0.250 e. The van der Waals surface area contributed by atoms with E-state index in [1.54, 1.807) is 16.8 Å². The van der Waals surface area contributed by atoms with E-state index < -0.39 is 0 Å². The predicted octanol–water partition coefficient (Wildman–Crippen LogP) is 1.94. The minimum Gasteiger partial charge on any atom is -0.398 e. The largest absolute Gasteiger partial charge is 0.398 e. The van der Waals surface area contributed by atoms with E-state index >= 15 is 0 Å². The molecule has 0 unspecified atom stereocenters. The fourth-order valence-electron chi connectivity index (χ4n) is 2.31. The Bertz CT molecular complexity index is 410. The summed E-state index contributed by atoms with van der Waals surface area (Å²) >= 11 is 0. The van der Waals surface area contributed by atoms with Crippen LogP contribution in [-0.2, 0) is 6.54 Å². The van der Waals surface area contributed by atoms with Gasteiger partial charge in [-0.05, 0) is 38.9 Å². The number of nitrogen functional groups attached to an aromatic ring is 1. The van der Waals surface area contributed by atoms with Gasteiger partial charge in [-0.25, -0.2) is 0 Å². The summed E-state index contributed by atoms with van der Waals surface area (Å²) in [5.41, 5.74) is 6.34. The van der Waals surface area contributed by atoms with E-state index in [-0.39, 0.29) is 5.56 Å². The Kier molecular flexibility index (Phi) is 5.92. The number of nitrogens with two attached hydrogens (primary N) is 1. The third-order valence-corrected chi connectivity index (χ3v) is 3.48. The molecule has 0 aliphatic rings. The first-order chi connectivity index (χ1) is 8.58. The van der Waals surface area contributed by atoms with Gasteiger partial charge in [-0.1, -0.05) is 13.8 Å². The number of anilines is 1. The molecule has 18 heavy (non-hydrogen) atoms. The third kappa shape index (κ3) is 4.18. The fraction of sp³-hybridized carbons (Fsp3) is 0.643. The van der Waals surface area contributed by atoms with Crippen molar-refractivity contribution in [1.82, 2.24) is 9.47 Å². The summed E-state index contributed by atoms with van der Waals surface area (Å²) < 4.78 is 1.69. The lowest BCUT2D eigenvalue weighted by atomic mass is 10.1. The molecule has 0 fully saturated rings. The van der Waals surface area contributed by atoms with Crippen LogP contribution in [0.5, 0.6) is 0 Å². The summed E-state index contributed by atoms with van der Waals surface area (Å²) in [5.74, 6) is 0. The van der Waals surface area contributed by atoms with Gasteiger partial charge in [-0.2, -0.15) is 0 Å². The SMILES string of the molecule is CCC(CC)N(C)CCCn1cc(N)ccc1=O. The first kappa shape index (κ1) is 14.8. The molecule has 0 aromatic carbocycles. The molecule has 0 aliphatic heterocycles. The van der Waals surface area contributed by atoms with Crippen molar-refractivity contribution in [2.24, 2.45) is 0 Å². The van der Waals surface area contributed by atoms with Crippen molar-refractivity contribution in [3.63, 3.8) is 0 Å². The predicted molar refractivity (Wildman–Crippen MR) is 76.7 cm³/mol. The molecule has 2 N–H and O–H groups in total. The monoisotopic (exact) mass is 251 g/mol. The lowest BCUT2D eigenvalue weighted by Crippen LogP contribution is -2.32. The summed E-state index contributed by atoms with van der Waals surface area (Å²) in [5, 5.41) is 0. The van der Waals surface area contributed by atoms with Gasteiger partial charge >= 0.3 is 0 Å². The summed E-state index contributed by atoms with van der Waals surface area (Å²) in [6, 6.07) is 3.82. The van der Waals surface area contributed by atoms with Gasteiger partial charge in [-0.15, -0.1) is 0 Å². The quantitative estimate of drug-likeness (QED) is 0.805.